The van der Waals surface area contributed by atoms with Crippen LogP contribution in [0.25, 0.3) is 22.2 Å². The lowest BCUT2D eigenvalue weighted by Gasteiger charge is -2.14. The van der Waals surface area contributed by atoms with Crippen LogP contribution in [0.3, 0.4) is 0 Å². The first kappa shape index (κ1) is 30.5. The summed E-state index contributed by atoms with van der Waals surface area (Å²) in [4.78, 5) is 31.1. The number of benzene rings is 3. The van der Waals surface area contributed by atoms with E-state index in [-0.39, 0.29) is 11.8 Å². The van der Waals surface area contributed by atoms with Crippen molar-refractivity contribution >= 4 is 40.0 Å². The van der Waals surface area contributed by atoms with Crippen LogP contribution in [-0.2, 0) is 4.74 Å². The van der Waals surface area contributed by atoms with Gasteiger partial charge < -0.3 is 15.4 Å². The number of nitrogens with one attached hydrogen (secondary N) is 2. The number of fused-ring (bicyclic) bond motifs is 1. The van der Waals surface area contributed by atoms with E-state index in [0.29, 0.717) is 34.1 Å². The SMILES string of the molecule is C=C(CCCCNC(=O)c1ccc(NC(=O)c2cc(-c3ccccc3Cl)nc3c(C)cc(C)cc23)cc1)O/C(C)=C\C. The zero-order valence-corrected chi connectivity index (χ0v) is 25.3. The van der Waals surface area contributed by atoms with Crippen LogP contribution in [0.2, 0.25) is 5.02 Å². The smallest absolute Gasteiger partial charge is 0.256 e. The lowest BCUT2D eigenvalue weighted by molar-refractivity contribution is 0.0952. The molecule has 4 rings (SSSR count). The van der Waals surface area contributed by atoms with Crippen molar-refractivity contribution in [3.63, 3.8) is 0 Å². The van der Waals surface area contributed by atoms with E-state index >= 15 is 0 Å². The molecule has 0 aliphatic rings. The molecule has 0 bridgehead atoms. The monoisotopic (exact) mass is 581 g/mol. The molecule has 2 N–H and O–H groups in total. The van der Waals surface area contributed by atoms with Gasteiger partial charge in [-0.05, 0) is 94.6 Å². The largest absolute Gasteiger partial charge is 0.467 e. The van der Waals surface area contributed by atoms with Crippen molar-refractivity contribution in [1.29, 1.82) is 0 Å². The first-order valence-corrected chi connectivity index (χ1v) is 14.4. The number of amides is 2. The number of unbranched alkanes of at least 4 members (excludes halogenated alkanes) is 1. The van der Waals surface area contributed by atoms with Gasteiger partial charge in [0.25, 0.3) is 11.8 Å². The molecule has 1 aromatic heterocycles. The van der Waals surface area contributed by atoms with E-state index in [9.17, 15) is 9.59 Å². The number of halogens is 1. The number of aromatic nitrogens is 1. The second kappa shape index (κ2) is 14.0. The fourth-order valence-electron chi connectivity index (χ4n) is 4.67. The molecule has 0 aliphatic heterocycles. The van der Waals surface area contributed by atoms with Gasteiger partial charge in [0.2, 0.25) is 0 Å². The Kier molecular flexibility index (Phi) is 10.2. The average molecular weight is 582 g/mol. The number of hydrogen-bond donors (Lipinski definition) is 2. The van der Waals surface area contributed by atoms with E-state index in [1.165, 1.54) is 0 Å². The summed E-state index contributed by atoms with van der Waals surface area (Å²) in [5, 5.41) is 7.25. The number of rotatable bonds is 11. The highest BCUT2D eigenvalue weighted by atomic mass is 35.5. The highest BCUT2D eigenvalue weighted by Crippen LogP contribution is 2.32. The average Bonchev–Trinajstić information content (AvgIpc) is 2.97. The van der Waals surface area contributed by atoms with Crippen molar-refractivity contribution in [3.8, 4) is 11.3 Å². The molecule has 7 heteroatoms. The first-order valence-electron chi connectivity index (χ1n) is 14.0. The number of aryl methyl sites for hydroxylation is 2. The fraction of sp³-hybridized carbons (Fsp3) is 0.229. The second-order valence-corrected chi connectivity index (χ2v) is 10.7. The number of anilines is 1. The zero-order chi connectivity index (χ0) is 30.2. The molecule has 0 unspecified atom stereocenters. The van der Waals surface area contributed by atoms with Gasteiger partial charge in [0.15, 0.2) is 0 Å². The zero-order valence-electron chi connectivity index (χ0n) is 24.5. The van der Waals surface area contributed by atoms with Gasteiger partial charge in [0.1, 0.15) is 0 Å². The Morgan fingerprint density at radius 2 is 1.74 bits per heavy atom. The third-order valence-corrected chi connectivity index (χ3v) is 7.26. The summed E-state index contributed by atoms with van der Waals surface area (Å²) in [6, 6.07) is 20.1. The first-order chi connectivity index (χ1) is 20.2. The second-order valence-electron chi connectivity index (χ2n) is 10.3. The van der Waals surface area contributed by atoms with Gasteiger partial charge >= 0.3 is 0 Å². The molecule has 2 amide bonds. The summed E-state index contributed by atoms with van der Waals surface area (Å²) in [7, 11) is 0. The van der Waals surface area contributed by atoms with Crippen molar-refractivity contribution in [3.05, 3.63) is 118 Å². The van der Waals surface area contributed by atoms with E-state index in [4.69, 9.17) is 21.3 Å². The Labute approximate surface area is 252 Å². The third kappa shape index (κ3) is 7.65. The molecule has 3 aromatic carbocycles. The van der Waals surface area contributed by atoms with Crippen LogP contribution in [0.4, 0.5) is 5.69 Å². The van der Waals surface area contributed by atoms with Crippen molar-refractivity contribution < 1.29 is 14.3 Å². The minimum absolute atomic E-state index is 0.164. The molecule has 0 spiro atoms. The van der Waals surface area contributed by atoms with E-state index < -0.39 is 0 Å². The molecule has 0 saturated carbocycles. The number of carbonyl (C=O) groups is 2. The maximum absolute atomic E-state index is 13.6. The number of allylic oxidation sites excluding steroid dienone is 3. The Morgan fingerprint density at radius 1 is 1.00 bits per heavy atom. The van der Waals surface area contributed by atoms with Crippen LogP contribution >= 0.6 is 11.6 Å². The molecule has 4 aromatic rings. The Bertz CT molecular complexity index is 1660. The highest BCUT2D eigenvalue weighted by molar-refractivity contribution is 6.33. The summed E-state index contributed by atoms with van der Waals surface area (Å²) in [6.07, 6.45) is 4.30. The van der Waals surface area contributed by atoms with E-state index in [1.807, 2.05) is 64.1 Å². The summed E-state index contributed by atoms with van der Waals surface area (Å²) in [6.45, 7) is 12.3. The third-order valence-electron chi connectivity index (χ3n) is 6.93. The molecule has 42 heavy (non-hydrogen) atoms. The standard InChI is InChI=1S/C35H36ClN3O3/c1-6-24(4)42-25(5)11-9-10-18-37-34(40)26-14-16-27(17-15-26)38-35(41)30-21-32(28-12-7-8-13-31(28)36)39-33-23(3)19-22(2)20-29(30)33/h6-8,12-17,19-21H,5,9-11,18H2,1-4H3,(H,37,40)(H,38,41)/b24-6-. The predicted molar refractivity (Wildman–Crippen MR) is 172 cm³/mol. The van der Waals surface area contributed by atoms with Crippen LogP contribution in [0.15, 0.2) is 90.9 Å². The van der Waals surface area contributed by atoms with Gasteiger partial charge in [-0.1, -0.05) is 48.0 Å². The summed E-state index contributed by atoms with van der Waals surface area (Å²) < 4.78 is 5.57. The van der Waals surface area contributed by atoms with Gasteiger partial charge in [0.05, 0.1) is 28.3 Å². The number of pyridine rings is 1. The molecule has 0 radical (unpaired) electrons. The van der Waals surface area contributed by atoms with Gasteiger partial charge in [0, 0.05) is 40.2 Å². The van der Waals surface area contributed by atoms with E-state index in [2.05, 4.69) is 17.2 Å². The number of ether oxygens (including phenoxy) is 1. The summed E-state index contributed by atoms with van der Waals surface area (Å²) in [5.74, 6) is 1.12. The Morgan fingerprint density at radius 3 is 2.45 bits per heavy atom. The quantitative estimate of drug-likeness (QED) is 0.137. The van der Waals surface area contributed by atoms with Crippen molar-refractivity contribution in [2.75, 3.05) is 11.9 Å². The van der Waals surface area contributed by atoms with Gasteiger partial charge in [-0.2, -0.15) is 0 Å². The van der Waals surface area contributed by atoms with Crippen molar-refractivity contribution in [2.24, 2.45) is 0 Å². The topological polar surface area (TPSA) is 80.3 Å². The molecule has 216 valence electrons. The van der Waals surface area contributed by atoms with Gasteiger partial charge in [-0.15, -0.1) is 0 Å². The van der Waals surface area contributed by atoms with Crippen LogP contribution < -0.4 is 10.6 Å². The van der Waals surface area contributed by atoms with E-state index in [1.54, 1.807) is 36.4 Å². The minimum Gasteiger partial charge on any atom is -0.467 e. The number of hydrogen-bond acceptors (Lipinski definition) is 4. The predicted octanol–water partition coefficient (Wildman–Crippen LogP) is 8.78. The Balaban J connectivity index is 1.43. The molecule has 0 atom stereocenters. The molecule has 0 saturated heterocycles. The number of carbonyl (C=O) groups excluding carboxylic acids is 2. The van der Waals surface area contributed by atoms with Crippen molar-refractivity contribution in [1.82, 2.24) is 10.3 Å². The Hall–Kier alpha value is -4.42. The maximum atomic E-state index is 13.6. The normalized spacial score (nSPS) is 11.3. The molecule has 0 fully saturated rings. The molecular weight excluding hydrogens is 546 g/mol. The van der Waals surface area contributed by atoms with Crippen LogP contribution in [0.5, 0.6) is 0 Å². The highest BCUT2D eigenvalue weighted by Gasteiger charge is 2.17. The summed E-state index contributed by atoms with van der Waals surface area (Å²) >= 11 is 6.47. The molecule has 1 heterocycles. The lowest BCUT2D eigenvalue weighted by atomic mass is 9.99. The molecule has 6 nitrogen and oxygen atoms in total. The van der Waals surface area contributed by atoms with Crippen LogP contribution in [0, 0.1) is 13.8 Å². The summed E-state index contributed by atoms with van der Waals surface area (Å²) in [5.41, 5.74) is 5.75. The van der Waals surface area contributed by atoms with E-state index in [0.717, 1.165) is 58.4 Å². The van der Waals surface area contributed by atoms with Crippen LogP contribution in [-0.4, -0.2) is 23.3 Å². The lowest BCUT2D eigenvalue weighted by Crippen LogP contribution is -2.24. The molecular formula is C35H36ClN3O3. The molecule has 0 aliphatic carbocycles. The van der Waals surface area contributed by atoms with Gasteiger partial charge in [-0.25, -0.2) is 4.98 Å². The maximum Gasteiger partial charge on any atom is 0.256 e. The van der Waals surface area contributed by atoms with Crippen molar-refractivity contribution in [2.45, 2.75) is 47.0 Å². The van der Waals surface area contributed by atoms with Gasteiger partial charge in [-0.3, -0.25) is 9.59 Å². The minimum atomic E-state index is -0.270. The number of nitrogens with zero attached hydrogens (tertiary/aromatic N) is 1. The van der Waals surface area contributed by atoms with Crippen LogP contribution in [0.1, 0.15) is 65.0 Å². The fourth-order valence-corrected chi connectivity index (χ4v) is 4.90.